The van der Waals surface area contributed by atoms with Crippen molar-refractivity contribution in [2.45, 2.75) is 6.42 Å². The molecule has 0 saturated heterocycles. The Morgan fingerprint density at radius 1 is 1.43 bits per heavy atom. The normalized spacial score (nSPS) is 8.93. The molecule has 0 bridgehead atoms. The Balaban J connectivity index is 2.99. The highest BCUT2D eigenvalue weighted by Crippen LogP contribution is 2.19. The Kier molecular flexibility index (Phi) is 3.71. The fourth-order valence-electron chi connectivity index (χ4n) is 0.971. The molecule has 0 spiro atoms. The van der Waals surface area contributed by atoms with E-state index >= 15 is 0 Å². The van der Waals surface area contributed by atoms with Crippen LogP contribution in [-0.4, -0.2) is 23.1 Å². The predicted molar refractivity (Wildman–Crippen MR) is 52.1 cm³/mol. The highest BCUT2D eigenvalue weighted by molar-refractivity contribution is 5.80. The first-order valence-electron chi connectivity index (χ1n) is 4.16. The van der Waals surface area contributed by atoms with Gasteiger partial charge in [0, 0.05) is 6.42 Å². The van der Waals surface area contributed by atoms with Gasteiger partial charge in [-0.05, 0) is 12.1 Å². The highest BCUT2D eigenvalue weighted by Gasteiger charge is 2.02. The topological polar surface area (TPSA) is 57.5 Å². The zero-order chi connectivity index (χ0) is 10.4. The minimum absolute atomic E-state index is 0.0128. The van der Waals surface area contributed by atoms with E-state index in [1.807, 2.05) is 0 Å². The van der Waals surface area contributed by atoms with Crippen LogP contribution >= 0.6 is 0 Å². The molecule has 3 nitrogen and oxygen atoms in total. The summed E-state index contributed by atoms with van der Waals surface area (Å²) < 4.78 is 0. The summed E-state index contributed by atoms with van der Waals surface area (Å²) in [4.78, 5) is 10.5. The van der Waals surface area contributed by atoms with Crippen LogP contribution in [0.1, 0.15) is 22.3 Å². The number of hydrogen-bond donors (Lipinski definition) is 2. The molecule has 72 valence electrons. The van der Waals surface area contributed by atoms with Crippen molar-refractivity contribution in [3.05, 3.63) is 29.3 Å². The molecule has 0 fully saturated rings. The zero-order valence-electron chi connectivity index (χ0n) is 7.53. The molecule has 0 aliphatic heterocycles. The summed E-state index contributed by atoms with van der Waals surface area (Å²) in [5, 5.41) is 18.0. The molecule has 0 atom stereocenters. The molecule has 0 saturated carbocycles. The van der Waals surface area contributed by atoms with Gasteiger partial charge in [0.1, 0.15) is 5.75 Å². The molecule has 1 aromatic rings. The lowest BCUT2D eigenvalue weighted by Crippen LogP contribution is -1.85. The quantitative estimate of drug-likeness (QED) is 0.539. The van der Waals surface area contributed by atoms with Crippen molar-refractivity contribution in [1.29, 1.82) is 0 Å². The van der Waals surface area contributed by atoms with Crippen molar-refractivity contribution < 1.29 is 15.0 Å². The first-order chi connectivity index (χ1) is 6.79. The molecule has 0 unspecified atom stereocenters. The van der Waals surface area contributed by atoms with Gasteiger partial charge in [-0.3, -0.25) is 4.79 Å². The van der Waals surface area contributed by atoms with Crippen molar-refractivity contribution in [2.75, 3.05) is 6.61 Å². The van der Waals surface area contributed by atoms with E-state index in [-0.39, 0.29) is 17.9 Å². The van der Waals surface area contributed by atoms with E-state index in [2.05, 4.69) is 11.8 Å². The van der Waals surface area contributed by atoms with Crippen LogP contribution in [0.2, 0.25) is 0 Å². The van der Waals surface area contributed by atoms with Crippen LogP contribution in [0.5, 0.6) is 5.75 Å². The average molecular weight is 190 g/mol. The number of carbonyl (C=O) groups excluding carboxylic acids is 1. The monoisotopic (exact) mass is 190 g/mol. The first-order valence-corrected chi connectivity index (χ1v) is 4.16. The van der Waals surface area contributed by atoms with Crippen LogP contribution in [0.15, 0.2) is 18.2 Å². The smallest absolute Gasteiger partial charge is 0.153 e. The zero-order valence-corrected chi connectivity index (χ0v) is 7.53. The van der Waals surface area contributed by atoms with Gasteiger partial charge in [-0.2, -0.15) is 0 Å². The second-order valence-electron chi connectivity index (χ2n) is 2.64. The maximum Gasteiger partial charge on any atom is 0.153 e. The minimum Gasteiger partial charge on any atom is -0.506 e. The lowest BCUT2D eigenvalue weighted by molar-refractivity contribution is 0.112. The molecule has 0 radical (unpaired) electrons. The molecule has 14 heavy (non-hydrogen) atoms. The third kappa shape index (κ3) is 2.35. The summed E-state index contributed by atoms with van der Waals surface area (Å²) in [7, 11) is 0. The lowest BCUT2D eigenvalue weighted by Gasteiger charge is -1.98. The lowest BCUT2D eigenvalue weighted by atomic mass is 10.1. The summed E-state index contributed by atoms with van der Waals surface area (Å²) in [6.07, 6.45) is 0.928. The molecule has 0 aliphatic carbocycles. The number of aldehydes is 1. The van der Waals surface area contributed by atoms with Crippen LogP contribution < -0.4 is 0 Å². The number of phenolic OH excluding ortho intramolecular Hbond substituents is 1. The van der Waals surface area contributed by atoms with Crippen molar-refractivity contribution in [3.63, 3.8) is 0 Å². The Morgan fingerprint density at radius 3 is 2.86 bits per heavy atom. The fraction of sp³-hybridized carbons (Fsp3) is 0.182. The van der Waals surface area contributed by atoms with Crippen LogP contribution in [0.3, 0.4) is 0 Å². The average Bonchev–Trinajstić information content (AvgIpc) is 2.21. The number of carbonyl (C=O) groups is 1. The summed E-state index contributed by atoms with van der Waals surface area (Å²) in [5.41, 5.74) is 0.629. The van der Waals surface area contributed by atoms with Gasteiger partial charge in [-0.15, -0.1) is 0 Å². The number of para-hydroxylation sites is 1. The van der Waals surface area contributed by atoms with Crippen LogP contribution in [-0.2, 0) is 0 Å². The van der Waals surface area contributed by atoms with Crippen molar-refractivity contribution in [3.8, 4) is 17.6 Å². The number of phenols is 1. The highest BCUT2D eigenvalue weighted by atomic mass is 16.3. The van der Waals surface area contributed by atoms with Crippen LogP contribution in [0.4, 0.5) is 0 Å². The van der Waals surface area contributed by atoms with Gasteiger partial charge in [0.2, 0.25) is 0 Å². The molecule has 2 N–H and O–H groups in total. The molecule has 3 heteroatoms. The largest absolute Gasteiger partial charge is 0.506 e. The second-order valence-corrected chi connectivity index (χ2v) is 2.64. The van der Waals surface area contributed by atoms with E-state index in [0.29, 0.717) is 18.3 Å². The van der Waals surface area contributed by atoms with Crippen molar-refractivity contribution in [2.24, 2.45) is 0 Å². The van der Waals surface area contributed by atoms with Gasteiger partial charge >= 0.3 is 0 Å². The molecule has 0 aromatic heterocycles. The molecular formula is C11H10O3. The maximum atomic E-state index is 10.5. The molecule has 0 aliphatic rings. The van der Waals surface area contributed by atoms with Crippen molar-refractivity contribution in [1.82, 2.24) is 0 Å². The number of benzene rings is 1. The summed E-state index contributed by atoms with van der Waals surface area (Å²) in [6, 6.07) is 4.78. The fourth-order valence-corrected chi connectivity index (χ4v) is 0.971. The van der Waals surface area contributed by atoms with E-state index in [1.165, 1.54) is 6.07 Å². The maximum absolute atomic E-state index is 10.5. The molecular weight excluding hydrogens is 180 g/mol. The molecule has 0 amide bonds. The number of aromatic hydroxyl groups is 1. The van der Waals surface area contributed by atoms with E-state index in [9.17, 15) is 9.90 Å². The Bertz CT molecular complexity index is 385. The Labute approximate surface area is 82.0 Å². The van der Waals surface area contributed by atoms with Gasteiger partial charge in [-0.1, -0.05) is 17.9 Å². The Hall–Kier alpha value is -1.79. The van der Waals surface area contributed by atoms with Crippen LogP contribution in [0, 0.1) is 11.8 Å². The Morgan fingerprint density at radius 2 is 2.21 bits per heavy atom. The molecule has 1 aromatic carbocycles. The third-order valence-corrected chi connectivity index (χ3v) is 1.65. The summed E-state index contributed by atoms with van der Waals surface area (Å²) in [5.74, 6) is 5.23. The van der Waals surface area contributed by atoms with E-state index in [1.54, 1.807) is 12.1 Å². The van der Waals surface area contributed by atoms with E-state index in [4.69, 9.17) is 5.11 Å². The second kappa shape index (κ2) is 5.05. The van der Waals surface area contributed by atoms with Gasteiger partial charge in [0.05, 0.1) is 17.7 Å². The first kappa shape index (κ1) is 10.3. The number of rotatable bonds is 2. The number of aliphatic hydroxyl groups excluding tert-OH is 1. The van der Waals surface area contributed by atoms with Gasteiger partial charge < -0.3 is 10.2 Å². The summed E-state index contributed by atoms with van der Waals surface area (Å²) in [6.45, 7) is -0.0128. The van der Waals surface area contributed by atoms with Crippen LogP contribution in [0.25, 0.3) is 0 Å². The standard InChI is InChI=1S/C11H10O3/c12-7-2-1-4-9-5-3-6-10(8-13)11(9)14/h3,5-6,8,12,14H,2,7H2. The van der Waals surface area contributed by atoms with E-state index < -0.39 is 0 Å². The molecule has 0 heterocycles. The molecule has 1 rings (SSSR count). The van der Waals surface area contributed by atoms with Gasteiger partial charge in [0.15, 0.2) is 6.29 Å². The SMILES string of the molecule is O=Cc1cccc(C#CCCO)c1O. The van der Waals surface area contributed by atoms with Gasteiger partial charge in [-0.25, -0.2) is 0 Å². The van der Waals surface area contributed by atoms with Gasteiger partial charge in [0.25, 0.3) is 0 Å². The summed E-state index contributed by atoms with van der Waals surface area (Å²) >= 11 is 0. The van der Waals surface area contributed by atoms with E-state index in [0.717, 1.165) is 0 Å². The number of hydrogen-bond acceptors (Lipinski definition) is 3. The minimum atomic E-state index is -0.104. The predicted octanol–water partition coefficient (Wildman–Crippen LogP) is 0.939. The van der Waals surface area contributed by atoms with Crippen molar-refractivity contribution >= 4 is 6.29 Å². The third-order valence-electron chi connectivity index (χ3n) is 1.65. The number of aliphatic hydroxyl groups is 1.